The van der Waals surface area contributed by atoms with E-state index < -0.39 is 5.97 Å². The van der Waals surface area contributed by atoms with Crippen molar-refractivity contribution in [1.82, 2.24) is 5.32 Å². The minimum Gasteiger partial charge on any atom is -0.478 e. The third-order valence-electron chi connectivity index (χ3n) is 2.27. The summed E-state index contributed by atoms with van der Waals surface area (Å²) >= 11 is 5.86. The highest BCUT2D eigenvalue weighted by Crippen LogP contribution is 2.17. The van der Waals surface area contributed by atoms with Gasteiger partial charge in [0.05, 0.1) is 0 Å². The van der Waals surface area contributed by atoms with Gasteiger partial charge < -0.3 is 10.4 Å². The van der Waals surface area contributed by atoms with E-state index in [4.69, 9.17) is 16.7 Å². The van der Waals surface area contributed by atoms with E-state index in [1.807, 2.05) is 25.1 Å². The van der Waals surface area contributed by atoms with E-state index in [9.17, 15) is 4.79 Å². The number of carbonyl (C=O) groups is 1. The summed E-state index contributed by atoms with van der Waals surface area (Å²) in [5, 5.41) is 12.4. The summed E-state index contributed by atoms with van der Waals surface area (Å²) in [5.74, 6) is -0.981. The summed E-state index contributed by atoms with van der Waals surface area (Å²) < 4.78 is 0. The third kappa shape index (κ3) is 3.68. The molecule has 0 unspecified atom stereocenters. The molecule has 0 spiro atoms. The predicted octanol–water partition coefficient (Wildman–Crippen LogP) is 2.63. The second kappa shape index (κ2) is 5.68. The maximum absolute atomic E-state index is 10.5. The average Bonchev–Trinajstić information content (AvgIpc) is 2.25. The summed E-state index contributed by atoms with van der Waals surface area (Å²) in [4.78, 5) is 10.5. The summed E-state index contributed by atoms with van der Waals surface area (Å²) in [6, 6.07) is 7.49. The van der Waals surface area contributed by atoms with E-state index in [1.54, 1.807) is 6.07 Å². The molecular weight excluding hydrogens is 226 g/mol. The Hall–Kier alpha value is -1.32. The van der Waals surface area contributed by atoms with E-state index in [1.165, 1.54) is 0 Å². The van der Waals surface area contributed by atoms with Gasteiger partial charge in [0.2, 0.25) is 0 Å². The van der Waals surface area contributed by atoms with Crippen LogP contribution < -0.4 is 5.32 Å². The highest BCUT2D eigenvalue weighted by atomic mass is 35.5. The molecule has 1 aromatic rings. The van der Waals surface area contributed by atoms with Crippen molar-refractivity contribution in [3.8, 4) is 0 Å². The number of carboxylic acids is 1. The van der Waals surface area contributed by atoms with Crippen molar-refractivity contribution in [1.29, 1.82) is 0 Å². The Balaban J connectivity index is 2.56. The van der Waals surface area contributed by atoms with Gasteiger partial charge in [-0.1, -0.05) is 30.3 Å². The van der Waals surface area contributed by atoms with Crippen molar-refractivity contribution in [3.63, 3.8) is 0 Å². The van der Waals surface area contributed by atoms with Crippen LogP contribution in [0.5, 0.6) is 0 Å². The quantitative estimate of drug-likeness (QED) is 0.777. The second-order valence-corrected chi connectivity index (χ2v) is 4.00. The van der Waals surface area contributed by atoms with Gasteiger partial charge in [-0.2, -0.15) is 0 Å². The number of benzene rings is 1. The Morgan fingerprint density at radius 3 is 2.88 bits per heavy atom. The van der Waals surface area contributed by atoms with Crippen molar-refractivity contribution in [2.24, 2.45) is 0 Å². The maximum Gasteiger partial charge on any atom is 0.332 e. The number of nitrogens with one attached hydrogen (secondary N) is 1. The van der Waals surface area contributed by atoms with Gasteiger partial charge >= 0.3 is 5.97 Å². The van der Waals surface area contributed by atoms with Crippen LogP contribution in [0.3, 0.4) is 0 Å². The minimum absolute atomic E-state index is 0.0369. The molecule has 0 aliphatic carbocycles. The van der Waals surface area contributed by atoms with Gasteiger partial charge in [0.15, 0.2) is 0 Å². The molecule has 4 heteroatoms. The van der Waals surface area contributed by atoms with E-state index in [0.29, 0.717) is 5.02 Å². The first-order valence-electron chi connectivity index (χ1n) is 4.90. The fourth-order valence-corrected chi connectivity index (χ4v) is 1.44. The smallest absolute Gasteiger partial charge is 0.332 e. The van der Waals surface area contributed by atoms with Crippen LogP contribution in [0, 0.1) is 0 Å². The molecule has 1 rings (SSSR count). The van der Waals surface area contributed by atoms with Crippen molar-refractivity contribution < 1.29 is 9.90 Å². The Bertz CT molecular complexity index is 404. The fourth-order valence-electron chi connectivity index (χ4n) is 1.25. The van der Waals surface area contributed by atoms with Crippen LogP contribution in [0.2, 0.25) is 5.02 Å². The van der Waals surface area contributed by atoms with Crippen LogP contribution in [0.25, 0.3) is 0 Å². The highest BCUT2D eigenvalue weighted by molar-refractivity contribution is 6.30. The van der Waals surface area contributed by atoms with Crippen LogP contribution in [0.4, 0.5) is 0 Å². The van der Waals surface area contributed by atoms with Gasteiger partial charge in [0.25, 0.3) is 0 Å². The molecule has 1 atom stereocenters. The first-order chi connectivity index (χ1) is 7.50. The Morgan fingerprint density at radius 1 is 1.62 bits per heavy atom. The molecule has 16 heavy (non-hydrogen) atoms. The Labute approximate surface area is 99.7 Å². The lowest BCUT2D eigenvalue weighted by molar-refractivity contribution is -0.132. The van der Waals surface area contributed by atoms with Crippen molar-refractivity contribution in [2.45, 2.75) is 13.0 Å². The number of aliphatic carboxylic acids is 1. The van der Waals surface area contributed by atoms with Gasteiger partial charge in [-0.15, -0.1) is 0 Å². The van der Waals surface area contributed by atoms with Crippen LogP contribution in [-0.4, -0.2) is 17.6 Å². The van der Waals surface area contributed by atoms with E-state index in [-0.39, 0.29) is 18.2 Å². The number of rotatable bonds is 5. The normalized spacial score (nSPS) is 12.1. The zero-order chi connectivity index (χ0) is 12.1. The van der Waals surface area contributed by atoms with Crippen molar-refractivity contribution in [3.05, 3.63) is 47.0 Å². The second-order valence-electron chi connectivity index (χ2n) is 3.57. The van der Waals surface area contributed by atoms with Crippen molar-refractivity contribution in [2.75, 3.05) is 6.54 Å². The summed E-state index contributed by atoms with van der Waals surface area (Å²) in [5.41, 5.74) is 1.17. The fraction of sp³-hybridized carbons (Fsp3) is 0.250. The zero-order valence-electron chi connectivity index (χ0n) is 9.03. The zero-order valence-corrected chi connectivity index (χ0v) is 9.79. The standard InChI is InChI=1S/C12H14ClNO2/c1-8(12(15)16)7-14-9(2)10-4-3-5-11(13)6-10/h3-6,9,14H,1,7H2,2H3,(H,15,16)/t9-/m1/s1. The van der Waals surface area contributed by atoms with Crippen LogP contribution in [0.15, 0.2) is 36.4 Å². The maximum atomic E-state index is 10.5. The lowest BCUT2D eigenvalue weighted by Gasteiger charge is -2.14. The van der Waals surface area contributed by atoms with E-state index in [0.717, 1.165) is 5.56 Å². The van der Waals surface area contributed by atoms with Crippen LogP contribution in [-0.2, 0) is 4.79 Å². The van der Waals surface area contributed by atoms with E-state index in [2.05, 4.69) is 11.9 Å². The molecule has 0 aliphatic heterocycles. The molecule has 3 nitrogen and oxygen atoms in total. The van der Waals surface area contributed by atoms with Gasteiger partial charge in [-0.3, -0.25) is 0 Å². The molecule has 0 bridgehead atoms. The van der Waals surface area contributed by atoms with Crippen molar-refractivity contribution >= 4 is 17.6 Å². The lowest BCUT2D eigenvalue weighted by atomic mass is 10.1. The van der Waals surface area contributed by atoms with Gasteiger partial charge in [0.1, 0.15) is 0 Å². The molecule has 0 aromatic heterocycles. The van der Waals surface area contributed by atoms with E-state index >= 15 is 0 Å². The number of hydrogen-bond donors (Lipinski definition) is 2. The summed E-state index contributed by atoms with van der Waals surface area (Å²) in [7, 11) is 0. The molecule has 86 valence electrons. The lowest BCUT2D eigenvalue weighted by Crippen LogP contribution is -2.23. The topological polar surface area (TPSA) is 49.3 Å². The monoisotopic (exact) mass is 239 g/mol. The SMILES string of the molecule is C=C(CN[C@H](C)c1cccc(Cl)c1)C(=O)O. The average molecular weight is 240 g/mol. The largest absolute Gasteiger partial charge is 0.478 e. The van der Waals surface area contributed by atoms with Gasteiger partial charge in [0, 0.05) is 23.2 Å². The first kappa shape index (κ1) is 12.7. The number of carboxylic acid groups (broad SMARTS) is 1. The Kier molecular flexibility index (Phi) is 4.52. The van der Waals surface area contributed by atoms with Crippen LogP contribution >= 0.6 is 11.6 Å². The molecule has 0 aliphatic rings. The molecule has 0 saturated heterocycles. The third-order valence-corrected chi connectivity index (χ3v) is 2.51. The van der Waals surface area contributed by atoms with Crippen LogP contribution in [0.1, 0.15) is 18.5 Å². The molecule has 0 radical (unpaired) electrons. The highest BCUT2D eigenvalue weighted by Gasteiger charge is 2.08. The molecule has 0 fully saturated rings. The number of halogens is 1. The molecule has 0 heterocycles. The van der Waals surface area contributed by atoms with Gasteiger partial charge in [-0.25, -0.2) is 4.79 Å². The summed E-state index contributed by atoms with van der Waals surface area (Å²) in [6.07, 6.45) is 0. The Morgan fingerprint density at radius 2 is 2.31 bits per heavy atom. The summed E-state index contributed by atoms with van der Waals surface area (Å²) in [6.45, 7) is 5.65. The minimum atomic E-state index is -0.981. The molecule has 0 saturated carbocycles. The first-order valence-corrected chi connectivity index (χ1v) is 5.28. The molecule has 1 aromatic carbocycles. The number of hydrogen-bond acceptors (Lipinski definition) is 2. The van der Waals surface area contributed by atoms with Gasteiger partial charge in [-0.05, 0) is 24.6 Å². The molecule has 2 N–H and O–H groups in total. The molecular formula is C12H14ClNO2. The predicted molar refractivity (Wildman–Crippen MR) is 64.6 cm³/mol. The molecule has 0 amide bonds.